The highest BCUT2D eigenvalue weighted by atomic mass is 35.5. The lowest BCUT2D eigenvalue weighted by molar-refractivity contribution is -0.134. The molecule has 0 aliphatic carbocycles. The lowest BCUT2D eigenvalue weighted by Crippen LogP contribution is -2.43. The number of anilines is 1. The van der Waals surface area contributed by atoms with E-state index in [9.17, 15) is 14.4 Å². The van der Waals surface area contributed by atoms with E-state index in [1.165, 1.54) is 7.05 Å². The van der Waals surface area contributed by atoms with Crippen molar-refractivity contribution in [3.8, 4) is 0 Å². The van der Waals surface area contributed by atoms with Crippen LogP contribution in [0.5, 0.6) is 0 Å². The molecule has 2 N–H and O–H groups in total. The number of likely N-dealkylation sites (tertiary alicyclic amines) is 1. The number of rotatable bonds is 4. The third-order valence-electron chi connectivity index (χ3n) is 4.15. The van der Waals surface area contributed by atoms with Gasteiger partial charge in [-0.25, -0.2) is 0 Å². The summed E-state index contributed by atoms with van der Waals surface area (Å²) in [4.78, 5) is 37.8. The van der Waals surface area contributed by atoms with Crippen molar-refractivity contribution >= 4 is 35.0 Å². The number of halogens is 1. The molecule has 1 fully saturated rings. The van der Waals surface area contributed by atoms with E-state index in [1.807, 2.05) is 6.92 Å². The van der Waals surface area contributed by atoms with Gasteiger partial charge in [-0.3, -0.25) is 14.4 Å². The van der Waals surface area contributed by atoms with E-state index in [4.69, 9.17) is 11.6 Å². The van der Waals surface area contributed by atoms with Gasteiger partial charge in [0.2, 0.25) is 11.8 Å². The average Bonchev–Trinajstić information content (AvgIpc) is 2.62. The highest BCUT2D eigenvalue weighted by molar-refractivity contribution is 6.34. The largest absolute Gasteiger partial charge is 0.355 e. The number of amides is 3. The summed E-state index contributed by atoms with van der Waals surface area (Å²) in [6.07, 6.45) is 2.00. The number of carbonyl (C=O) groups is 3. The van der Waals surface area contributed by atoms with Crippen molar-refractivity contribution in [2.75, 3.05) is 25.5 Å². The molecule has 1 heterocycles. The van der Waals surface area contributed by atoms with Gasteiger partial charge in [0, 0.05) is 32.2 Å². The van der Waals surface area contributed by atoms with Gasteiger partial charge >= 0.3 is 0 Å². The van der Waals surface area contributed by atoms with E-state index in [2.05, 4.69) is 10.6 Å². The minimum atomic E-state index is -0.312. The third kappa shape index (κ3) is 4.26. The summed E-state index contributed by atoms with van der Waals surface area (Å²) in [5.74, 6) is -0.628. The van der Waals surface area contributed by atoms with Crippen LogP contribution >= 0.6 is 11.6 Å². The van der Waals surface area contributed by atoms with Crippen LogP contribution in [-0.2, 0) is 9.59 Å². The number of benzene rings is 1. The third-order valence-corrected chi connectivity index (χ3v) is 4.48. The van der Waals surface area contributed by atoms with Crippen LogP contribution in [0.1, 0.15) is 36.5 Å². The summed E-state index contributed by atoms with van der Waals surface area (Å²) in [5, 5.41) is 5.65. The molecule has 1 unspecified atom stereocenters. The van der Waals surface area contributed by atoms with E-state index >= 15 is 0 Å². The summed E-state index contributed by atoms with van der Waals surface area (Å²) in [7, 11) is 1.52. The maximum Gasteiger partial charge on any atom is 0.252 e. The van der Waals surface area contributed by atoms with E-state index in [0.29, 0.717) is 35.8 Å². The Labute approximate surface area is 146 Å². The van der Waals surface area contributed by atoms with Crippen LogP contribution in [0.25, 0.3) is 0 Å². The van der Waals surface area contributed by atoms with E-state index in [1.54, 1.807) is 23.1 Å². The SMILES string of the molecule is CCC(=O)N1CCCC(C(=O)Nc2ccc(Cl)c(C(=O)NC)c2)C1. The topological polar surface area (TPSA) is 78.5 Å². The Balaban J connectivity index is 2.06. The molecule has 0 radical (unpaired) electrons. The molecule has 24 heavy (non-hydrogen) atoms. The lowest BCUT2D eigenvalue weighted by Gasteiger charge is -2.32. The van der Waals surface area contributed by atoms with Gasteiger partial charge in [-0.2, -0.15) is 0 Å². The fourth-order valence-corrected chi connectivity index (χ4v) is 3.00. The minimum Gasteiger partial charge on any atom is -0.355 e. The predicted molar refractivity (Wildman–Crippen MR) is 93.1 cm³/mol. The molecule has 0 saturated carbocycles. The molecule has 1 aromatic rings. The summed E-state index contributed by atoms with van der Waals surface area (Å²) in [6, 6.07) is 4.79. The Hall–Kier alpha value is -2.08. The second-order valence-corrected chi connectivity index (χ2v) is 6.20. The maximum atomic E-state index is 12.5. The first-order chi connectivity index (χ1) is 11.5. The van der Waals surface area contributed by atoms with Crippen LogP contribution in [0, 0.1) is 5.92 Å². The second-order valence-electron chi connectivity index (χ2n) is 5.80. The number of carbonyl (C=O) groups excluding carboxylic acids is 3. The molecular weight excluding hydrogens is 330 g/mol. The first kappa shape index (κ1) is 18.3. The Kier molecular flexibility index (Phi) is 6.20. The predicted octanol–water partition coefficient (Wildman–Crippen LogP) is 2.29. The lowest BCUT2D eigenvalue weighted by atomic mass is 9.96. The van der Waals surface area contributed by atoms with Gasteiger partial charge in [0.1, 0.15) is 0 Å². The molecular formula is C17H22ClN3O3. The molecule has 0 aromatic heterocycles. The quantitative estimate of drug-likeness (QED) is 0.873. The van der Waals surface area contributed by atoms with Crippen molar-refractivity contribution in [2.45, 2.75) is 26.2 Å². The molecule has 3 amide bonds. The average molecular weight is 352 g/mol. The molecule has 1 aromatic carbocycles. The van der Waals surface area contributed by atoms with Crippen LogP contribution in [0.3, 0.4) is 0 Å². The smallest absolute Gasteiger partial charge is 0.252 e. The number of hydrogen-bond donors (Lipinski definition) is 2. The summed E-state index contributed by atoms with van der Waals surface area (Å²) in [6.45, 7) is 2.96. The summed E-state index contributed by atoms with van der Waals surface area (Å²) >= 11 is 6.01. The van der Waals surface area contributed by atoms with E-state index < -0.39 is 0 Å². The molecule has 130 valence electrons. The van der Waals surface area contributed by atoms with Gasteiger partial charge in [0.15, 0.2) is 0 Å². The minimum absolute atomic E-state index is 0.0703. The Morgan fingerprint density at radius 1 is 1.33 bits per heavy atom. The van der Waals surface area contributed by atoms with Gasteiger partial charge in [-0.05, 0) is 31.0 Å². The van der Waals surface area contributed by atoms with Crippen molar-refractivity contribution in [2.24, 2.45) is 5.92 Å². The molecule has 1 aliphatic heterocycles. The van der Waals surface area contributed by atoms with Crippen LogP contribution in [0.2, 0.25) is 5.02 Å². The zero-order valence-corrected chi connectivity index (χ0v) is 14.7. The number of nitrogens with one attached hydrogen (secondary N) is 2. The Morgan fingerprint density at radius 2 is 2.08 bits per heavy atom. The maximum absolute atomic E-state index is 12.5. The van der Waals surface area contributed by atoms with E-state index in [0.717, 1.165) is 12.8 Å². The zero-order chi connectivity index (χ0) is 17.7. The first-order valence-corrected chi connectivity index (χ1v) is 8.44. The Morgan fingerprint density at radius 3 is 2.75 bits per heavy atom. The summed E-state index contributed by atoms with van der Waals surface area (Å²) < 4.78 is 0. The summed E-state index contributed by atoms with van der Waals surface area (Å²) in [5.41, 5.74) is 0.824. The fourth-order valence-electron chi connectivity index (χ4n) is 2.80. The van der Waals surface area contributed by atoms with Gasteiger partial charge in [0.25, 0.3) is 5.91 Å². The van der Waals surface area contributed by atoms with Crippen molar-refractivity contribution in [3.05, 3.63) is 28.8 Å². The number of nitrogens with zero attached hydrogens (tertiary/aromatic N) is 1. The van der Waals surface area contributed by atoms with Crippen LogP contribution in [0.4, 0.5) is 5.69 Å². The molecule has 1 aliphatic rings. The monoisotopic (exact) mass is 351 g/mol. The van der Waals surface area contributed by atoms with E-state index in [-0.39, 0.29) is 23.6 Å². The Bertz CT molecular complexity index is 648. The van der Waals surface area contributed by atoms with Crippen molar-refractivity contribution < 1.29 is 14.4 Å². The highest BCUT2D eigenvalue weighted by Gasteiger charge is 2.28. The van der Waals surface area contributed by atoms with Crippen molar-refractivity contribution in [1.29, 1.82) is 0 Å². The molecule has 7 heteroatoms. The normalized spacial score (nSPS) is 17.3. The van der Waals surface area contributed by atoms with Gasteiger partial charge in [0.05, 0.1) is 16.5 Å². The van der Waals surface area contributed by atoms with Gasteiger partial charge in [-0.1, -0.05) is 18.5 Å². The molecule has 2 rings (SSSR count). The standard InChI is InChI=1S/C17H22ClN3O3/c1-3-15(22)21-8-4-5-11(10-21)16(23)20-12-6-7-14(18)13(9-12)17(24)19-2/h6-7,9,11H,3-5,8,10H2,1-2H3,(H,19,24)(H,20,23). The molecule has 1 saturated heterocycles. The number of hydrogen-bond acceptors (Lipinski definition) is 3. The molecule has 1 atom stereocenters. The van der Waals surface area contributed by atoms with Crippen LogP contribution in [0.15, 0.2) is 18.2 Å². The first-order valence-electron chi connectivity index (χ1n) is 8.06. The molecule has 0 bridgehead atoms. The highest BCUT2D eigenvalue weighted by Crippen LogP contribution is 2.23. The van der Waals surface area contributed by atoms with Gasteiger partial charge in [-0.15, -0.1) is 0 Å². The number of piperidine rings is 1. The van der Waals surface area contributed by atoms with Crippen molar-refractivity contribution in [3.63, 3.8) is 0 Å². The zero-order valence-electron chi connectivity index (χ0n) is 13.9. The molecule has 0 spiro atoms. The second kappa shape index (κ2) is 8.15. The van der Waals surface area contributed by atoms with Crippen LogP contribution in [-0.4, -0.2) is 42.8 Å². The van der Waals surface area contributed by atoms with Gasteiger partial charge < -0.3 is 15.5 Å². The molecule has 6 nitrogen and oxygen atoms in total. The van der Waals surface area contributed by atoms with Crippen LogP contribution < -0.4 is 10.6 Å². The van der Waals surface area contributed by atoms with Crippen molar-refractivity contribution in [1.82, 2.24) is 10.2 Å². The fraction of sp³-hybridized carbons (Fsp3) is 0.471.